The molecule has 0 radical (unpaired) electrons. The molecule has 0 aromatic heterocycles. The van der Waals surface area contributed by atoms with Crippen molar-refractivity contribution >= 4 is 11.8 Å². The first kappa shape index (κ1) is 17.0. The summed E-state index contributed by atoms with van der Waals surface area (Å²) in [5.41, 5.74) is 1.78. The summed E-state index contributed by atoms with van der Waals surface area (Å²) in [7, 11) is 0. The second kappa shape index (κ2) is 7.34. The summed E-state index contributed by atoms with van der Waals surface area (Å²) < 4.78 is 0. The maximum atomic E-state index is 12.7. The molecule has 1 aromatic rings. The molecular formula is C19H26N2O3. The zero-order chi connectivity index (χ0) is 17.1. The van der Waals surface area contributed by atoms with Crippen molar-refractivity contribution in [3.63, 3.8) is 0 Å². The lowest BCUT2D eigenvalue weighted by Crippen LogP contribution is -2.41. The first-order valence-corrected chi connectivity index (χ1v) is 8.89. The predicted octanol–water partition coefficient (Wildman–Crippen LogP) is 1.83. The summed E-state index contributed by atoms with van der Waals surface area (Å²) in [5.74, 6) is -0.150. The van der Waals surface area contributed by atoms with Crippen LogP contribution in [0.4, 0.5) is 0 Å². The first-order valence-electron chi connectivity index (χ1n) is 8.89. The van der Waals surface area contributed by atoms with Crippen LogP contribution < -0.4 is 0 Å². The highest BCUT2D eigenvalue weighted by molar-refractivity contribution is 5.94. The molecule has 1 N–H and O–H groups in total. The highest BCUT2D eigenvalue weighted by atomic mass is 16.3. The van der Waals surface area contributed by atoms with E-state index < -0.39 is 6.10 Å². The van der Waals surface area contributed by atoms with Gasteiger partial charge in [0.15, 0.2) is 0 Å². The van der Waals surface area contributed by atoms with Gasteiger partial charge in [0.05, 0.1) is 12.0 Å². The first-order chi connectivity index (χ1) is 11.6. The molecule has 1 aliphatic heterocycles. The molecule has 2 amide bonds. The highest BCUT2D eigenvalue weighted by Crippen LogP contribution is 2.27. The number of carbonyl (C=O) groups is 2. The monoisotopic (exact) mass is 330 g/mol. The second-order valence-electron chi connectivity index (χ2n) is 6.95. The van der Waals surface area contributed by atoms with Crippen LogP contribution in [0.3, 0.4) is 0 Å². The molecule has 2 aliphatic rings. The minimum atomic E-state index is -0.495. The fraction of sp³-hybridized carbons (Fsp3) is 0.579. The number of hydrogen-bond donors (Lipinski definition) is 1. The van der Waals surface area contributed by atoms with Crippen LogP contribution in [0.5, 0.6) is 0 Å². The van der Waals surface area contributed by atoms with Gasteiger partial charge in [0.1, 0.15) is 0 Å². The van der Waals surface area contributed by atoms with Gasteiger partial charge >= 0.3 is 0 Å². The van der Waals surface area contributed by atoms with Gasteiger partial charge in [-0.1, -0.05) is 17.7 Å². The molecule has 5 heteroatoms. The van der Waals surface area contributed by atoms with Crippen LogP contribution in [-0.2, 0) is 4.79 Å². The predicted molar refractivity (Wildman–Crippen MR) is 91.6 cm³/mol. The zero-order valence-electron chi connectivity index (χ0n) is 14.3. The van der Waals surface area contributed by atoms with Crippen LogP contribution in [0, 0.1) is 12.8 Å². The van der Waals surface area contributed by atoms with Gasteiger partial charge in [0.25, 0.3) is 5.91 Å². The van der Waals surface area contributed by atoms with E-state index in [9.17, 15) is 14.7 Å². The van der Waals surface area contributed by atoms with E-state index in [1.165, 1.54) is 0 Å². The van der Waals surface area contributed by atoms with Gasteiger partial charge in [-0.3, -0.25) is 9.59 Å². The quantitative estimate of drug-likeness (QED) is 0.900. The minimum Gasteiger partial charge on any atom is -0.392 e. The number of aliphatic hydroxyl groups excluding tert-OH is 1. The molecule has 2 unspecified atom stereocenters. The molecule has 1 aromatic carbocycles. The van der Waals surface area contributed by atoms with Crippen molar-refractivity contribution in [1.29, 1.82) is 0 Å². The molecule has 1 saturated carbocycles. The Balaban J connectivity index is 1.62. The van der Waals surface area contributed by atoms with Crippen molar-refractivity contribution in [2.45, 2.75) is 38.7 Å². The molecule has 0 bridgehead atoms. The van der Waals surface area contributed by atoms with E-state index in [1.54, 1.807) is 0 Å². The van der Waals surface area contributed by atoms with E-state index in [-0.39, 0.29) is 17.7 Å². The van der Waals surface area contributed by atoms with Crippen molar-refractivity contribution in [2.75, 3.05) is 26.2 Å². The maximum absolute atomic E-state index is 12.7. The van der Waals surface area contributed by atoms with E-state index in [2.05, 4.69) is 0 Å². The second-order valence-corrected chi connectivity index (χ2v) is 6.95. The Hall–Kier alpha value is -1.88. The number of rotatable bonds is 2. The average molecular weight is 330 g/mol. The number of amides is 2. The van der Waals surface area contributed by atoms with Crippen molar-refractivity contribution in [1.82, 2.24) is 9.80 Å². The number of aliphatic hydroxyl groups is 1. The summed E-state index contributed by atoms with van der Waals surface area (Å²) >= 11 is 0. The Morgan fingerprint density at radius 2 is 1.79 bits per heavy atom. The summed E-state index contributed by atoms with van der Waals surface area (Å²) in [4.78, 5) is 29.0. The fourth-order valence-electron chi connectivity index (χ4n) is 3.76. The lowest BCUT2D eigenvalue weighted by Gasteiger charge is -2.26. The van der Waals surface area contributed by atoms with Gasteiger partial charge < -0.3 is 14.9 Å². The summed E-state index contributed by atoms with van der Waals surface area (Å²) in [5, 5.41) is 9.96. The highest BCUT2D eigenvalue weighted by Gasteiger charge is 2.35. The van der Waals surface area contributed by atoms with Crippen molar-refractivity contribution in [3.8, 4) is 0 Å². The Bertz CT molecular complexity index is 616. The van der Waals surface area contributed by atoms with Gasteiger partial charge in [-0.05, 0) is 44.7 Å². The minimum absolute atomic E-state index is 0.0360. The molecule has 2 atom stereocenters. The third-order valence-corrected chi connectivity index (χ3v) is 5.16. The fourth-order valence-corrected chi connectivity index (χ4v) is 3.76. The van der Waals surface area contributed by atoms with Gasteiger partial charge in [0.2, 0.25) is 5.91 Å². The Labute approximate surface area is 143 Å². The van der Waals surface area contributed by atoms with Gasteiger partial charge in [-0.2, -0.15) is 0 Å². The van der Waals surface area contributed by atoms with Crippen LogP contribution in [0.2, 0.25) is 0 Å². The van der Waals surface area contributed by atoms with E-state index >= 15 is 0 Å². The van der Waals surface area contributed by atoms with Crippen LogP contribution >= 0.6 is 0 Å². The Morgan fingerprint density at radius 1 is 1.04 bits per heavy atom. The van der Waals surface area contributed by atoms with E-state index in [0.717, 1.165) is 31.2 Å². The van der Waals surface area contributed by atoms with E-state index in [1.807, 2.05) is 41.0 Å². The summed E-state index contributed by atoms with van der Waals surface area (Å²) in [6, 6.07) is 7.63. The van der Waals surface area contributed by atoms with Crippen molar-refractivity contribution in [2.24, 2.45) is 5.92 Å². The Kier molecular flexibility index (Phi) is 5.19. The normalized spacial score (nSPS) is 24.8. The number of carbonyl (C=O) groups excluding carboxylic acids is 2. The molecule has 0 spiro atoms. The van der Waals surface area contributed by atoms with Gasteiger partial charge in [-0.25, -0.2) is 0 Å². The van der Waals surface area contributed by atoms with Gasteiger partial charge in [0, 0.05) is 31.7 Å². The van der Waals surface area contributed by atoms with Crippen molar-refractivity contribution < 1.29 is 14.7 Å². The number of hydrogen-bond acceptors (Lipinski definition) is 3. The number of aryl methyl sites for hydroxylation is 1. The Morgan fingerprint density at radius 3 is 2.50 bits per heavy atom. The van der Waals surface area contributed by atoms with E-state index in [0.29, 0.717) is 31.7 Å². The molecule has 1 heterocycles. The maximum Gasteiger partial charge on any atom is 0.253 e. The van der Waals surface area contributed by atoms with Crippen LogP contribution in [-0.4, -0.2) is 59.0 Å². The van der Waals surface area contributed by atoms with Crippen LogP contribution in [0.15, 0.2) is 24.3 Å². The van der Waals surface area contributed by atoms with Gasteiger partial charge in [-0.15, -0.1) is 0 Å². The largest absolute Gasteiger partial charge is 0.392 e. The topological polar surface area (TPSA) is 60.9 Å². The lowest BCUT2D eigenvalue weighted by atomic mass is 10.0. The molecule has 2 fully saturated rings. The number of benzene rings is 1. The number of nitrogens with zero attached hydrogens (tertiary/aromatic N) is 2. The average Bonchev–Trinajstić information content (AvgIpc) is 2.85. The van der Waals surface area contributed by atoms with Crippen molar-refractivity contribution in [3.05, 3.63) is 35.4 Å². The third kappa shape index (κ3) is 3.61. The van der Waals surface area contributed by atoms with E-state index in [4.69, 9.17) is 0 Å². The molecule has 1 aliphatic carbocycles. The molecule has 130 valence electrons. The summed E-state index contributed by atoms with van der Waals surface area (Å²) in [6.07, 6.45) is 2.71. The smallest absolute Gasteiger partial charge is 0.253 e. The molecule has 1 saturated heterocycles. The molecule has 5 nitrogen and oxygen atoms in total. The molecule has 24 heavy (non-hydrogen) atoms. The molecular weight excluding hydrogens is 304 g/mol. The lowest BCUT2D eigenvalue weighted by molar-refractivity contribution is -0.138. The SMILES string of the molecule is Cc1cccc(C(=O)N2CCCN(C(=O)C3CCCC3O)CC2)c1. The summed E-state index contributed by atoms with van der Waals surface area (Å²) in [6.45, 7) is 4.43. The zero-order valence-corrected chi connectivity index (χ0v) is 14.3. The standard InChI is InChI=1S/C19H26N2O3/c1-14-5-2-6-15(13-14)18(23)20-9-4-10-21(12-11-20)19(24)16-7-3-8-17(16)22/h2,5-6,13,16-17,22H,3-4,7-12H2,1H3. The molecule has 3 rings (SSSR count). The van der Waals surface area contributed by atoms with Crippen LogP contribution in [0.1, 0.15) is 41.6 Å². The van der Waals surface area contributed by atoms with Crippen LogP contribution in [0.25, 0.3) is 0 Å². The third-order valence-electron chi connectivity index (χ3n) is 5.16.